The van der Waals surface area contributed by atoms with E-state index in [-0.39, 0.29) is 11.9 Å². The Labute approximate surface area is 162 Å². The molecule has 1 aliphatic heterocycles. The van der Waals surface area contributed by atoms with Gasteiger partial charge >= 0.3 is 6.03 Å². The van der Waals surface area contributed by atoms with Gasteiger partial charge in [-0.1, -0.05) is 17.8 Å². The van der Waals surface area contributed by atoms with Gasteiger partial charge in [-0.05, 0) is 33.3 Å². The molecule has 0 aliphatic carbocycles. The standard InChI is InChI=1S/C18H23N5O3S/c1-5-8-22-14(13-7-10-26-12(13)2)20-21-17(22)27-11-6-9-23-15(24)18(3,4)19-16(23)25/h5,7,10H,1,6,8-9,11H2,2-4H3,(H,19,25). The molecule has 3 rings (SSSR count). The first kappa shape index (κ1) is 19.2. The van der Waals surface area contributed by atoms with E-state index in [0.29, 0.717) is 25.3 Å². The number of urea groups is 1. The second kappa shape index (κ2) is 7.59. The van der Waals surface area contributed by atoms with Crippen molar-refractivity contribution in [2.24, 2.45) is 0 Å². The molecule has 3 heterocycles. The first-order valence-electron chi connectivity index (χ1n) is 8.70. The summed E-state index contributed by atoms with van der Waals surface area (Å²) in [6.45, 7) is 10.1. The summed E-state index contributed by atoms with van der Waals surface area (Å²) in [4.78, 5) is 25.4. The van der Waals surface area contributed by atoms with Gasteiger partial charge in [0.05, 0.1) is 11.8 Å². The van der Waals surface area contributed by atoms with Gasteiger partial charge in [-0.15, -0.1) is 16.8 Å². The number of nitrogens with zero attached hydrogens (tertiary/aromatic N) is 4. The predicted octanol–water partition coefficient (Wildman–Crippen LogP) is 2.85. The van der Waals surface area contributed by atoms with Crippen LogP contribution in [0.25, 0.3) is 11.4 Å². The summed E-state index contributed by atoms with van der Waals surface area (Å²) in [6.07, 6.45) is 4.09. The highest BCUT2D eigenvalue weighted by molar-refractivity contribution is 7.99. The van der Waals surface area contributed by atoms with Crippen LogP contribution in [0.3, 0.4) is 0 Å². The maximum atomic E-state index is 12.2. The molecule has 0 radical (unpaired) electrons. The van der Waals surface area contributed by atoms with Gasteiger partial charge in [0.25, 0.3) is 5.91 Å². The van der Waals surface area contributed by atoms with E-state index in [4.69, 9.17) is 4.42 Å². The minimum atomic E-state index is -0.828. The van der Waals surface area contributed by atoms with Gasteiger partial charge in [0.1, 0.15) is 11.3 Å². The van der Waals surface area contributed by atoms with E-state index >= 15 is 0 Å². The van der Waals surface area contributed by atoms with Crippen LogP contribution in [0.2, 0.25) is 0 Å². The number of aromatic nitrogens is 3. The van der Waals surface area contributed by atoms with E-state index in [2.05, 4.69) is 22.1 Å². The summed E-state index contributed by atoms with van der Waals surface area (Å²) in [7, 11) is 0. The maximum Gasteiger partial charge on any atom is 0.325 e. The average Bonchev–Trinajstić information content (AvgIpc) is 3.24. The topological polar surface area (TPSA) is 93.3 Å². The van der Waals surface area contributed by atoms with E-state index in [0.717, 1.165) is 22.3 Å². The fourth-order valence-electron chi connectivity index (χ4n) is 2.91. The number of hydrogen-bond donors (Lipinski definition) is 1. The number of allylic oxidation sites excluding steroid dienone is 1. The molecule has 1 N–H and O–H groups in total. The molecule has 27 heavy (non-hydrogen) atoms. The van der Waals surface area contributed by atoms with Crippen molar-refractivity contribution in [2.75, 3.05) is 12.3 Å². The lowest BCUT2D eigenvalue weighted by Crippen LogP contribution is -2.40. The normalized spacial score (nSPS) is 16.0. The van der Waals surface area contributed by atoms with Crippen molar-refractivity contribution in [3.05, 3.63) is 30.7 Å². The summed E-state index contributed by atoms with van der Waals surface area (Å²) < 4.78 is 7.34. The van der Waals surface area contributed by atoms with Crippen LogP contribution >= 0.6 is 11.8 Å². The molecule has 1 aliphatic rings. The Morgan fingerprint density at radius 1 is 1.37 bits per heavy atom. The largest absolute Gasteiger partial charge is 0.469 e. The molecule has 0 bridgehead atoms. The van der Waals surface area contributed by atoms with Crippen molar-refractivity contribution in [3.63, 3.8) is 0 Å². The number of imide groups is 1. The van der Waals surface area contributed by atoms with E-state index in [1.54, 1.807) is 26.2 Å². The number of furan rings is 1. The fourth-order valence-corrected chi connectivity index (χ4v) is 3.78. The molecule has 2 aromatic heterocycles. The molecule has 9 heteroatoms. The minimum Gasteiger partial charge on any atom is -0.469 e. The van der Waals surface area contributed by atoms with Crippen LogP contribution in [0.5, 0.6) is 0 Å². The zero-order chi connectivity index (χ0) is 19.6. The number of rotatable bonds is 8. The van der Waals surface area contributed by atoms with Gasteiger partial charge < -0.3 is 9.73 Å². The number of carbonyl (C=O) groups excluding carboxylic acids is 2. The molecule has 8 nitrogen and oxygen atoms in total. The molecule has 0 aromatic carbocycles. The van der Waals surface area contributed by atoms with Gasteiger partial charge in [-0.3, -0.25) is 14.3 Å². The Balaban J connectivity index is 1.63. The van der Waals surface area contributed by atoms with Crippen molar-refractivity contribution >= 4 is 23.7 Å². The molecular formula is C18H23N5O3S. The zero-order valence-electron chi connectivity index (χ0n) is 15.7. The number of carbonyl (C=O) groups is 2. The number of aryl methyl sites for hydroxylation is 1. The first-order valence-corrected chi connectivity index (χ1v) is 9.69. The summed E-state index contributed by atoms with van der Waals surface area (Å²) >= 11 is 1.54. The van der Waals surface area contributed by atoms with Crippen molar-refractivity contribution in [1.82, 2.24) is 25.0 Å². The van der Waals surface area contributed by atoms with Crippen molar-refractivity contribution in [1.29, 1.82) is 0 Å². The van der Waals surface area contributed by atoms with Gasteiger partial charge in [0, 0.05) is 18.8 Å². The molecular weight excluding hydrogens is 366 g/mol. The SMILES string of the molecule is C=CCn1c(SCCCN2C(=O)NC(C)(C)C2=O)nnc1-c1ccoc1C. The average molecular weight is 389 g/mol. The molecule has 1 saturated heterocycles. The minimum absolute atomic E-state index is 0.190. The highest BCUT2D eigenvalue weighted by Gasteiger charge is 2.43. The fraction of sp³-hybridized carbons (Fsp3) is 0.444. The van der Waals surface area contributed by atoms with Crippen LogP contribution in [-0.4, -0.2) is 49.4 Å². The third-order valence-corrected chi connectivity index (χ3v) is 5.38. The first-order chi connectivity index (χ1) is 12.8. The van der Waals surface area contributed by atoms with Crippen LogP contribution in [-0.2, 0) is 11.3 Å². The number of thioether (sulfide) groups is 1. The molecule has 3 amide bonds. The van der Waals surface area contributed by atoms with Crippen molar-refractivity contribution < 1.29 is 14.0 Å². The lowest BCUT2D eigenvalue weighted by molar-refractivity contribution is -0.130. The Bertz CT molecular complexity index is 870. The molecule has 0 spiro atoms. The monoisotopic (exact) mass is 389 g/mol. The van der Waals surface area contributed by atoms with E-state index < -0.39 is 5.54 Å². The van der Waals surface area contributed by atoms with Crippen LogP contribution < -0.4 is 5.32 Å². The maximum absolute atomic E-state index is 12.2. The summed E-state index contributed by atoms with van der Waals surface area (Å²) in [5.41, 5.74) is 0.0730. The quantitative estimate of drug-likeness (QED) is 0.323. The number of hydrogen-bond acceptors (Lipinski definition) is 6. The van der Waals surface area contributed by atoms with Crippen LogP contribution in [0.15, 0.2) is 34.6 Å². The van der Waals surface area contributed by atoms with Crippen LogP contribution in [0.4, 0.5) is 4.79 Å². The molecule has 1 fully saturated rings. The second-order valence-electron chi connectivity index (χ2n) is 6.81. The smallest absolute Gasteiger partial charge is 0.325 e. The summed E-state index contributed by atoms with van der Waals surface area (Å²) in [5.74, 6) is 2.03. The Kier molecular flexibility index (Phi) is 5.41. The van der Waals surface area contributed by atoms with Gasteiger partial charge in [0.15, 0.2) is 11.0 Å². The third kappa shape index (κ3) is 3.78. The van der Waals surface area contributed by atoms with Gasteiger partial charge in [0.2, 0.25) is 0 Å². The lowest BCUT2D eigenvalue weighted by atomic mass is 10.1. The highest BCUT2D eigenvalue weighted by Crippen LogP contribution is 2.27. The molecule has 2 aromatic rings. The third-order valence-electron chi connectivity index (χ3n) is 4.33. The number of nitrogens with one attached hydrogen (secondary N) is 1. The molecule has 0 unspecified atom stereocenters. The predicted molar refractivity (Wildman–Crippen MR) is 102 cm³/mol. The van der Waals surface area contributed by atoms with Gasteiger partial charge in [-0.2, -0.15) is 0 Å². The van der Waals surface area contributed by atoms with Crippen molar-refractivity contribution in [2.45, 2.75) is 44.4 Å². The van der Waals surface area contributed by atoms with Crippen LogP contribution in [0.1, 0.15) is 26.0 Å². The lowest BCUT2D eigenvalue weighted by Gasteiger charge is -2.15. The van der Waals surface area contributed by atoms with E-state index in [1.165, 1.54) is 16.7 Å². The van der Waals surface area contributed by atoms with E-state index in [9.17, 15) is 9.59 Å². The Hall–Kier alpha value is -2.55. The van der Waals surface area contributed by atoms with Crippen LogP contribution in [0, 0.1) is 6.92 Å². The second-order valence-corrected chi connectivity index (χ2v) is 7.87. The molecule has 0 atom stereocenters. The highest BCUT2D eigenvalue weighted by atomic mass is 32.2. The summed E-state index contributed by atoms with van der Waals surface area (Å²) in [5, 5.41) is 12.0. The Morgan fingerprint density at radius 2 is 2.15 bits per heavy atom. The molecule has 144 valence electrons. The number of amides is 3. The van der Waals surface area contributed by atoms with Crippen molar-refractivity contribution in [3.8, 4) is 11.4 Å². The summed E-state index contributed by atoms with van der Waals surface area (Å²) in [6, 6.07) is 1.54. The Morgan fingerprint density at radius 3 is 2.74 bits per heavy atom. The molecule has 0 saturated carbocycles. The van der Waals surface area contributed by atoms with E-state index in [1.807, 2.05) is 17.6 Å². The van der Waals surface area contributed by atoms with Gasteiger partial charge in [-0.25, -0.2) is 4.79 Å². The zero-order valence-corrected chi connectivity index (χ0v) is 16.5.